The Bertz CT molecular complexity index is 1150. The van der Waals surface area contributed by atoms with Gasteiger partial charge in [-0.15, -0.1) is 12.4 Å². The van der Waals surface area contributed by atoms with Gasteiger partial charge in [-0.1, -0.05) is 17.8 Å². The van der Waals surface area contributed by atoms with Gasteiger partial charge in [0.25, 0.3) is 0 Å². The molecule has 0 aliphatic heterocycles. The van der Waals surface area contributed by atoms with Crippen molar-refractivity contribution >= 4 is 29.0 Å². The van der Waals surface area contributed by atoms with Gasteiger partial charge < -0.3 is 28.9 Å². The summed E-state index contributed by atoms with van der Waals surface area (Å²) in [7, 11) is 7.30. The van der Waals surface area contributed by atoms with Crippen molar-refractivity contribution in [3.05, 3.63) is 54.1 Å². The number of likely N-dealkylation sites (N-methyl/N-ethyl adjacent to an activating group) is 1. The summed E-state index contributed by atoms with van der Waals surface area (Å²) in [6, 6.07) is 9.95. The van der Waals surface area contributed by atoms with Crippen LogP contribution in [0.2, 0.25) is 0 Å². The zero-order valence-corrected chi connectivity index (χ0v) is 19.5. The Morgan fingerprint density at radius 3 is 2.44 bits per heavy atom. The molecule has 0 spiro atoms. The third-order valence-corrected chi connectivity index (χ3v) is 5.21. The van der Waals surface area contributed by atoms with E-state index >= 15 is 0 Å². The van der Waals surface area contributed by atoms with E-state index in [9.17, 15) is 0 Å². The number of fused-ring (bicyclic) bond motifs is 5. The van der Waals surface area contributed by atoms with Crippen LogP contribution in [-0.2, 0) is 4.84 Å². The summed E-state index contributed by atoms with van der Waals surface area (Å²) in [5.74, 6) is 2.11. The quantitative estimate of drug-likeness (QED) is 0.228. The number of aromatic nitrogens is 1. The van der Waals surface area contributed by atoms with Gasteiger partial charge in [-0.05, 0) is 44.4 Å². The number of aromatic amines is 1. The number of oxime groups is 1. The molecule has 1 heterocycles. The average molecular weight is 458 g/mol. The van der Waals surface area contributed by atoms with Gasteiger partial charge >= 0.3 is 0 Å². The van der Waals surface area contributed by atoms with Gasteiger partial charge in [0, 0.05) is 34.1 Å². The molecular formula is C24H28ClN3O4. The average Bonchev–Trinajstić information content (AvgIpc) is 3.27. The highest BCUT2D eigenvalue weighted by Gasteiger charge is 2.32. The van der Waals surface area contributed by atoms with Gasteiger partial charge in [0.2, 0.25) is 0 Å². The number of hydrogen-bond acceptors (Lipinski definition) is 6. The number of H-pyrrole nitrogens is 1. The minimum atomic E-state index is 0. The lowest BCUT2D eigenvalue weighted by Gasteiger charge is -2.12. The predicted molar refractivity (Wildman–Crippen MR) is 130 cm³/mol. The third kappa shape index (κ3) is 4.26. The van der Waals surface area contributed by atoms with E-state index < -0.39 is 0 Å². The van der Waals surface area contributed by atoms with Crippen molar-refractivity contribution in [2.45, 2.75) is 0 Å². The van der Waals surface area contributed by atoms with Crippen LogP contribution < -0.4 is 14.2 Å². The molecule has 0 atom stereocenters. The molecule has 1 aliphatic carbocycles. The summed E-state index contributed by atoms with van der Waals surface area (Å²) in [5.41, 5.74) is 5.59. The van der Waals surface area contributed by atoms with E-state index in [4.69, 9.17) is 19.0 Å². The smallest absolute Gasteiger partial charge is 0.161 e. The lowest BCUT2D eigenvalue weighted by atomic mass is 10.1. The lowest BCUT2D eigenvalue weighted by molar-refractivity contribution is 0.175. The molecule has 1 aromatic heterocycles. The second-order valence-electron chi connectivity index (χ2n) is 7.51. The Hall–Kier alpha value is -3.16. The van der Waals surface area contributed by atoms with E-state index in [1.165, 1.54) is 0 Å². The van der Waals surface area contributed by atoms with Crippen LogP contribution in [-0.4, -0.2) is 63.7 Å². The first kappa shape index (κ1) is 23.5. The second kappa shape index (κ2) is 9.97. The molecule has 0 amide bonds. The molecule has 7 nitrogen and oxygen atoms in total. The molecule has 0 unspecified atom stereocenters. The molecule has 0 fully saturated rings. The SMILES string of the molecule is C=CCO/N=C1/c2cc(OC)c(OC)cc2-c2[nH]c3ccc(OCCN(C)C)cc3c21.Cl. The summed E-state index contributed by atoms with van der Waals surface area (Å²) in [4.78, 5) is 11.1. The first-order chi connectivity index (χ1) is 15.1. The van der Waals surface area contributed by atoms with Crippen molar-refractivity contribution in [3.8, 4) is 28.5 Å². The van der Waals surface area contributed by atoms with Crippen LogP contribution in [0.1, 0.15) is 11.1 Å². The van der Waals surface area contributed by atoms with Gasteiger partial charge in [0.15, 0.2) is 11.5 Å². The van der Waals surface area contributed by atoms with Crippen molar-refractivity contribution in [1.82, 2.24) is 9.88 Å². The van der Waals surface area contributed by atoms with Crippen LogP contribution in [0.5, 0.6) is 17.2 Å². The summed E-state index contributed by atoms with van der Waals surface area (Å²) in [5, 5.41) is 5.47. The van der Waals surface area contributed by atoms with Gasteiger partial charge in [0.1, 0.15) is 24.7 Å². The van der Waals surface area contributed by atoms with E-state index in [1.807, 2.05) is 44.4 Å². The van der Waals surface area contributed by atoms with Crippen molar-refractivity contribution in [3.63, 3.8) is 0 Å². The molecule has 3 aromatic rings. The molecule has 0 radical (unpaired) electrons. The number of nitrogens with zero attached hydrogens (tertiary/aromatic N) is 2. The number of methoxy groups -OCH3 is 2. The molecule has 32 heavy (non-hydrogen) atoms. The number of nitrogens with one attached hydrogen (secondary N) is 1. The Balaban J connectivity index is 0.00000289. The summed E-state index contributed by atoms with van der Waals surface area (Å²) in [6.45, 7) is 5.48. The maximum Gasteiger partial charge on any atom is 0.161 e. The number of benzene rings is 2. The topological polar surface area (TPSA) is 68.3 Å². The van der Waals surface area contributed by atoms with Crippen LogP contribution in [0.4, 0.5) is 0 Å². The van der Waals surface area contributed by atoms with Crippen molar-refractivity contribution in [2.75, 3.05) is 48.1 Å². The maximum absolute atomic E-state index is 5.96. The van der Waals surface area contributed by atoms with E-state index in [1.54, 1.807) is 20.3 Å². The highest BCUT2D eigenvalue weighted by atomic mass is 35.5. The zero-order valence-electron chi connectivity index (χ0n) is 18.7. The second-order valence-corrected chi connectivity index (χ2v) is 7.51. The fraction of sp³-hybridized carbons (Fsp3) is 0.292. The molecule has 170 valence electrons. The van der Waals surface area contributed by atoms with Crippen LogP contribution >= 0.6 is 12.4 Å². The summed E-state index contributed by atoms with van der Waals surface area (Å²) in [6.07, 6.45) is 1.67. The predicted octanol–water partition coefficient (Wildman–Crippen LogP) is 4.48. The van der Waals surface area contributed by atoms with E-state index in [-0.39, 0.29) is 12.4 Å². The standard InChI is InChI=1S/C24H27N3O4.ClH/c1-6-10-31-26-24-17-14-21(29-5)20(28-4)13-16(17)23-22(24)18-12-15(7-8-19(18)25-23)30-11-9-27(2)3;/h6-8,12-14,25H,1,9-11H2,2-5H3;1H/b26-24-;. The summed E-state index contributed by atoms with van der Waals surface area (Å²) >= 11 is 0. The molecule has 4 rings (SSSR count). The molecule has 2 aromatic carbocycles. The van der Waals surface area contributed by atoms with Gasteiger partial charge in [-0.2, -0.15) is 0 Å². The van der Waals surface area contributed by atoms with Crippen LogP contribution in [0.15, 0.2) is 48.1 Å². The fourth-order valence-corrected chi connectivity index (χ4v) is 3.72. The van der Waals surface area contributed by atoms with E-state index in [2.05, 4.69) is 21.6 Å². The minimum absolute atomic E-state index is 0. The number of halogens is 1. The Kier molecular flexibility index (Phi) is 7.33. The lowest BCUT2D eigenvalue weighted by Crippen LogP contribution is -2.19. The van der Waals surface area contributed by atoms with Crippen LogP contribution in [0, 0.1) is 0 Å². The van der Waals surface area contributed by atoms with Gasteiger partial charge in [0.05, 0.1) is 19.9 Å². The Labute approximate surface area is 194 Å². The summed E-state index contributed by atoms with van der Waals surface area (Å²) < 4.78 is 17.0. The highest BCUT2D eigenvalue weighted by molar-refractivity contribution is 6.30. The Morgan fingerprint density at radius 2 is 1.78 bits per heavy atom. The molecule has 1 aliphatic rings. The molecule has 0 bridgehead atoms. The van der Waals surface area contributed by atoms with Crippen molar-refractivity contribution < 1.29 is 19.0 Å². The molecular weight excluding hydrogens is 430 g/mol. The van der Waals surface area contributed by atoms with Crippen LogP contribution in [0.3, 0.4) is 0 Å². The first-order valence-corrected chi connectivity index (χ1v) is 10.1. The maximum atomic E-state index is 5.96. The van der Waals surface area contributed by atoms with Gasteiger partial charge in [-0.25, -0.2) is 0 Å². The normalized spacial score (nSPS) is 13.0. The van der Waals surface area contributed by atoms with E-state index in [0.29, 0.717) is 24.7 Å². The highest BCUT2D eigenvalue weighted by Crippen LogP contribution is 2.45. The van der Waals surface area contributed by atoms with Crippen molar-refractivity contribution in [1.29, 1.82) is 0 Å². The number of ether oxygens (including phenoxy) is 3. The third-order valence-electron chi connectivity index (χ3n) is 5.21. The number of hydrogen-bond donors (Lipinski definition) is 1. The largest absolute Gasteiger partial charge is 0.493 e. The molecule has 0 saturated heterocycles. The zero-order chi connectivity index (χ0) is 22.0. The molecule has 8 heteroatoms. The monoisotopic (exact) mass is 457 g/mol. The fourth-order valence-electron chi connectivity index (χ4n) is 3.72. The van der Waals surface area contributed by atoms with E-state index in [0.717, 1.165) is 51.3 Å². The van der Waals surface area contributed by atoms with Crippen LogP contribution in [0.25, 0.3) is 22.2 Å². The van der Waals surface area contributed by atoms with Gasteiger partial charge in [-0.3, -0.25) is 0 Å². The first-order valence-electron chi connectivity index (χ1n) is 10.1. The number of rotatable bonds is 9. The van der Waals surface area contributed by atoms with Crippen molar-refractivity contribution in [2.24, 2.45) is 5.16 Å². The Morgan fingerprint density at radius 1 is 1.06 bits per heavy atom. The molecule has 0 saturated carbocycles. The molecule has 1 N–H and O–H groups in total. The minimum Gasteiger partial charge on any atom is -0.493 e.